The lowest BCUT2D eigenvalue weighted by atomic mass is 10.2. The Morgan fingerprint density at radius 3 is 2.11 bits per heavy atom. The Morgan fingerprint density at radius 1 is 0.926 bits per heavy atom. The molecule has 1 fully saturated rings. The summed E-state index contributed by atoms with van der Waals surface area (Å²) in [6.45, 7) is 0.1000. The van der Waals surface area contributed by atoms with Gasteiger partial charge in [0, 0.05) is 36.7 Å². The number of nitrogens with zero attached hydrogens (tertiary/aromatic N) is 2. The Kier molecular flexibility index (Phi) is 5.59. The molecule has 10 heteroatoms. The average Bonchev–Trinajstić information content (AvgIpc) is 2.61. The van der Waals surface area contributed by atoms with Crippen molar-refractivity contribution in [3.63, 3.8) is 0 Å². The molecule has 0 unspecified atom stereocenters. The molecule has 1 heterocycles. The summed E-state index contributed by atoms with van der Waals surface area (Å²) in [5.41, 5.74) is 0.261. The van der Waals surface area contributed by atoms with E-state index in [-0.39, 0.29) is 37.6 Å². The Morgan fingerprint density at radius 2 is 1.52 bits per heavy atom. The summed E-state index contributed by atoms with van der Waals surface area (Å²) >= 11 is 3.14. The molecular formula is C17H14BrF3N2O3S. The number of halogens is 4. The van der Waals surface area contributed by atoms with E-state index in [1.807, 2.05) is 0 Å². The van der Waals surface area contributed by atoms with E-state index in [2.05, 4.69) is 15.9 Å². The second-order valence-corrected chi connectivity index (χ2v) is 8.66. The maximum Gasteiger partial charge on any atom is 0.255 e. The van der Waals surface area contributed by atoms with Crippen molar-refractivity contribution in [3.05, 3.63) is 63.9 Å². The van der Waals surface area contributed by atoms with Gasteiger partial charge in [-0.3, -0.25) is 4.79 Å². The van der Waals surface area contributed by atoms with Crippen molar-refractivity contribution >= 4 is 31.9 Å². The van der Waals surface area contributed by atoms with E-state index in [1.165, 1.54) is 17.0 Å². The lowest BCUT2D eigenvalue weighted by Gasteiger charge is -2.34. The molecule has 0 aromatic heterocycles. The van der Waals surface area contributed by atoms with Crippen LogP contribution in [-0.4, -0.2) is 49.7 Å². The average molecular weight is 463 g/mol. The van der Waals surface area contributed by atoms with Gasteiger partial charge >= 0.3 is 0 Å². The molecule has 27 heavy (non-hydrogen) atoms. The zero-order valence-electron chi connectivity index (χ0n) is 13.8. The van der Waals surface area contributed by atoms with E-state index >= 15 is 0 Å². The van der Waals surface area contributed by atoms with Gasteiger partial charge in [0.05, 0.1) is 5.56 Å². The molecule has 0 aliphatic carbocycles. The highest BCUT2D eigenvalue weighted by Gasteiger charge is 2.32. The molecule has 0 spiro atoms. The zero-order chi connectivity index (χ0) is 19.8. The van der Waals surface area contributed by atoms with Crippen molar-refractivity contribution in [2.45, 2.75) is 4.90 Å². The third-order valence-corrected chi connectivity index (χ3v) is 6.79. The van der Waals surface area contributed by atoms with E-state index in [0.717, 1.165) is 22.5 Å². The lowest BCUT2D eigenvalue weighted by molar-refractivity contribution is 0.0696. The van der Waals surface area contributed by atoms with Crippen molar-refractivity contribution in [1.29, 1.82) is 0 Å². The summed E-state index contributed by atoms with van der Waals surface area (Å²) < 4.78 is 66.5. The molecule has 2 aromatic rings. The fraction of sp³-hybridized carbons (Fsp3) is 0.235. The van der Waals surface area contributed by atoms with Gasteiger partial charge < -0.3 is 4.90 Å². The maximum atomic E-state index is 13.9. The van der Waals surface area contributed by atoms with Gasteiger partial charge in [-0.15, -0.1) is 0 Å². The number of benzene rings is 2. The van der Waals surface area contributed by atoms with Crippen molar-refractivity contribution in [3.8, 4) is 0 Å². The fourth-order valence-electron chi connectivity index (χ4n) is 2.79. The standard InChI is InChI=1S/C17H14BrF3N2O3S/c18-14-9-11(19)1-3-13(14)17(24)22-5-7-23(8-6-22)27(25,26)16-4-2-12(20)10-15(16)21/h1-4,9-10H,5-8H2. The second-order valence-electron chi connectivity index (χ2n) is 5.90. The highest BCUT2D eigenvalue weighted by molar-refractivity contribution is 9.10. The van der Waals surface area contributed by atoms with Gasteiger partial charge in [-0.05, 0) is 46.3 Å². The molecule has 144 valence electrons. The molecule has 1 saturated heterocycles. The maximum absolute atomic E-state index is 13.9. The van der Waals surface area contributed by atoms with Crippen LogP contribution in [0.4, 0.5) is 13.2 Å². The Bertz CT molecular complexity index is 993. The normalized spacial score (nSPS) is 15.8. The molecule has 1 aliphatic rings. The van der Waals surface area contributed by atoms with Gasteiger partial charge in [0.15, 0.2) is 0 Å². The Balaban J connectivity index is 1.74. The van der Waals surface area contributed by atoms with Crippen LogP contribution in [-0.2, 0) is 10.0 Å². The van der Waals surface area contributed by atoms with Crippen LogP contribution < -0.4 is 0 Å². The van der Waals surface area contributed by atoms with Gasteiger partial charge in [-0.2, -0.15) is 4.31 Å². The van der Waals surface area contributed by atoms with Gasteiger partial charge in [-0.25, -0.2) is 21.6 Å². The van der Waals surface area contributed by atoms with Crippen molar-refractivity contribution in [2.24, 2.45) is 0 Å². The minimum absolute atomic E-state index is 0.0380. The molecule has 0 radical (unpaired) electrons. The third-order valence-electron chi connectivity index (χ3n) is 4.20. The van der Waals surface area contributed by atoms with Crippen LogP contribution in [0.5, 0.6) is 0 Å². The SMILES string of the molecule is O=C(c1ccc(F)cc1Br)N1CCN(S(=O)(=O)c2ccc(F)cc2F)CC1. The number of hydrogen-bond acceptors (Lipinski definition) is 3. The first kappa shape index (κ1) is 19.8. The highest BCUT2D eigenvalue weighted by Crippen LogP contribution is 2.24. The number of carbonyl (C=O) groups excluding carboxylic acids is 1. The van der Waals surface area contributed by atoms with E-state index in [0.29, 0.717) is 10.5 Å². The molecule has 5 nitrogen and oxygen atoms in total. The van der Waals surface area contributed by atoms with Crippen LogP contribution in [0.3, 0.4) is 0 Å². The van der Waals surface area contributed by atoms with Gasteiger partial charge in [0.25, 0.3) is 5.91 Å². The quantitative estimate of drug-likeness (QED) is 0.704. The monoisotopic (exact) mass is 462 g/mol. The van der Waals surface area contributed by atoms with Crippen LogP contribution in [0.25, 0.3) is 0 Å². The molecule has 0 atom stereocenters. The Hall–Kier alpha value is -1.91. The number of amides is 1. The largest absolute Gasteiger partial charge is 0.336 e. The van der Waals surface area contributed by atoms with Crippen LogP contribution in [0, 0.1) is 17.5 Å². The minimum Gasteiger partial charge on any atom is -0.336 e. The van der Waals surface area contributed by atoms with Gasteiger partial charge in [-0.1, -0.05) is 0 Å². The van der Waals surface area contributed by atoms with Crippen LogP contribution >= 0.6 is 15.9 Å². The van der Waals surface area contributed by atoms with Crippen molar-refractivity contribution in [1.82, 2.24) is 9.21 Å². The molecule has 0 saturated carbocycles. The smallest absolute Gasteiger partial charge is 0.255 e. The number of sulfonamides is 1. The topological polar surface area (TPSA) is 57.7 Å². The van der Waals surface area contributed by atoms with Crippen LogP contribution in [0.2, 0.25) is 0 Å². The molecule has 1 aliphatic heterocycles. The van der Waals surface area contributed by atoms with E-state index in [4.69, 9.17) is 0 Å². The Labute approximate surface area is 162 Å². The summed E-state index contributed by atoms with van der Waals surface area (Å²) in [6, 6.07) is 5.95. The number of rotatable bonds is 3. The fourth-order valence-corrected chi connectivity index (χ4v) is 4.78. The van der Waals surface area contributed by atoms with Crippen molar-refractivity contribution in [2.75, 3.05) is 26.2 Å². The van der Waals surface area contributed by atoms with Crippen LogP contribution in [0.15, 0.2) is 45.8 Å². The third kappa shape index (κ3) is 4.02. The first-order chi connectivity index (χ1) is 12.7. The molecule has 2 aromatic carbocycles. The summed E-state index contributed by atoms with van der Waals surface area (Å²) in [4.78, 5) is 13.4. The number of piperazine rings is 1. The first-order valence-corrected chi connectivity index (χ1v) is 10.1. The number of carbonyl (C=O) groups is 1. The lowest BCUT2D eigenvalue weighted by Crippen LogP contribution is -2.50. The second kappa shape index (κ2) is 7.61. The molecule has 0 N–H and O–H groups in total. The minimum atomic E-state index is -4.14. The summed E-state index contributed by atoms with van der Waals surface area (Å²) in [5, 5.41) is 0. The zero-order valence-corrected chi connectivity index (χ0v) is 16.2. The number of hydrogen-bond donors (Lipinski definition) is 0. The predicted molar refractivity (Wildman–Crippen MR) is 95.1 cm³/mol. The highest BCUT2D eigenvalue weighted by atomic mass is 79.9. The summed E-state index contributed by atoms with van der Waals surface area (Å²) in [6.07, 6.45) is 0. The van der Waals surface area contributed by atoms with Crippen molar-refractivity contribution < 1.29 is 26.4 Å². The molecule has 3 rings (SSSR count). The summed E-state index contributed by atoms with van der Waals surface area (Å²) in [5.74, 6) is -2.89. The molecular weight excluding hydrogens is 449 g/mol. The molecule has 1 amide bonds. The van der Waals surface area contributed by atoms with E-state index < -0.39 is 32.4 Å². The van der Waals surface area contributed by atoms with E-state index in [9.17, 15) is 26.4 Å². The first-order valence-electron chi connectivity index (χ1n) is 7.89. The summed E-state index contributed by atoms with van der Waals surface area (Å²) in [7, 11) is -4.14. The van der Waals surface area contributed by atoms with Gasteiger partial charge in [0.1, 0.15) is 22.3 Å². The van der Waals surface area contributed by atoms with Gasteiger partial charge in [0.2, 0.25) is 10.0 Å². The molecule has 0 bridgehead atoms. The van der Waals surface area contributed by atoms with Crippen LogP contribution in [0.1, 0.15) is 10.4 Å². The predicted octanol–water partition coefficient (Wildman–Crippen LogP) is 3.01. The van der Waals surface area contributed by atoms with E-state index in [1.54, 1.807) is 0 Å².